The molecule has 0 saturated heterocycles. The van der Waals surface area contributed by atoms with Crippen LogP contribution in [0.15, 0.2) is 35.1 Å². The van der Waals surface area contributed by atoms with Crippen LogP contribution in [0.25, 0.3) is 11.3 Å². The monoisotopic (exact) mass is 287 g/mol. The number of nitrogens with zero attached hydrogens (tertiary/aromatic N) is 1. The maximum Gasteiger partial charge on any atom is 0.290 e. The van der Waals surface area contributed by atoms with E-state index >= 15 is 0 Å². The lowest BCUT2D eigenvalue weighted by Gasteiger charge is -2.20. The van der Waals surface area contributed by atoms with Gasteiger partial charge in [-0.05, 0) is 12.8 Å². The Morgan fingerprint density at radius 1 is 1.14 bits per heavy atom. The fourth-order valence-electron chi connectivity index (χ4n) is 3.10. The number of nitrogens with one attached hydrogen (secondary N) is 1. The lowest BCUT2D eigenvalue weighted by atomic mass is 10.1. The summed E-state index contributed by atoms with van der Waals surface area (Å²) in [5, 5.41) is 13.4. The summed E-state index contributed by atoms with van der Waals surface area (Å²) in [5.74, 6) is 0. The Hall–Kier alpha value is -2.01. The fraction of sp³-hybridized carbons (Fsp3) is 0.438. The van der Waals surface area contributed by atoms with Gasteiger partial charge in [-0.15, -0.1) is 0 Å². The quantitative estimate of drug-likeness (QED) is 0.741. The molecular weight excluding hydrogens is 266 g/mol. The second-order valence-electron chi connectivity index (χ2n) is 5.71. The van der Waals surface area contributed by atoms with E-state index in [1.54, 1.807) is 0 Å². The van der Waals surface area contributed by atoms with Crippen molar-refractivity contribution in [3.63, 3.8) is 0 Å². The molecule has 2 aromatic rings. The van der Waals surface area contributed by atoms with Crippen LogP contribution in [0, 0.1) is 0 Å². The highest BCUT2D eigenvalue weighted by Crippen LogP contribution is 2.28. The Labute approximate surface area is 123 Å². The third-order valence-corrected chi connectivity index (χ3v) is 4.29. The van der Waals surface area contributed by atoms with Crippen molar-refractivity contribution in [1.82, 2.24) is 9.78 Å². The number of nitrogen functional groups attached to an aromatic ring is 1. The molecule has 1 aliphatic rings. The van der Waals surface area contributed by atoms with E-state index in [-0.39, 0.29) is 17.3 Å². The number of aromatic amines is 1. The van der Waals surface area contributed by atoms with Crippen molar-refractivity contribution in [1.29, 1.82) is 0 Å². The van der Waals surface area contributed by atoms with Crippen molar-refractivity contribution >= 4 is 5.69 Å². The number of H-pyrrole nitrogens is 1. The molecule has 4 N–H and O–H groups in total. The van der Waals surface area contributed by atoms with Gasteiger partial charge in [0.25, 0.3) is 5.56 Å². The second kappa shape index (κ2) is 5.77. The molecule has 3 rings (SSSR count). The summed E-state index contributed by atoms with van der Waals surface area (Å²) in [7, 11) is 0. The van der Waals surface area contributed by atoms with E-state index in [0.29, 0.717) is 5.69 Å². The standard InChI is InChI=1S/C16H21N3O2/c17-14-15(11-7-3-1-4-8-11)18-19(16(14)21)12-9-5-2-6-10-13(12)20/h1,3-4,7-8,12-13,18,20H,2,5-6,9-10,17H2. The lowest BCUT2D eigenvalue weighted by molar-refractivity contribution is 0.0976. The number of aromatic nitrogens is 2. The summed E-state index contributed by atoms with van der Waals surface area (Å²) in [6, 6.07) is 9.35. The Balaban J connectivity index is 2.02. The first-order valence-electron chi connectivity index (χ1n) is 7.52. The smallest absolute Gasteiger partial charge is 0.290 e. The SMILES string of the molecule is Nc1c(-c2ccccc2)[nH]n(C2CCCCCC2O)c1=O. The third-order valence-electron chi connectivity index (χ3n) is 4.29. The normalized spacial score (nSPS) is 22.9. The molecule has 1 saturated carbocycles. The minimum atomic E-state index is -0.494. The van der Waals surface area contributed by atoms with Gasteiger partial charge in [-0.1, -0.05) is 49.6 Å². The van der Waals surface area contributed by atoms with Gasteiger partial charge >= 0.3 is 0 Å². The maximum atomic E-state index is 12.4. The Morgan fingerprint density at radius 3 is 2.62 bits per heavy atom. The Bertz CT molecular complexity index is 660. The predicted octanol–water partition coefficient (Wildman–Crippen LogP) is 2.29. The van der Waals surface area contributed by atoms with E-state index in [1.807, 2.05) is 30.3 Å². The van der Waals surface area contributed by atoms with E-state index in [9.17, 15) is 9.90 Å². The van der Waals surface area contributed by atoms with Gasteiger partial charge in [0, 0.05) is 5.56 Å². The molecule has 0 amide bonds. The molecule has 0 spiro atoms. The van der Waals surface area contributed by atoms with Crippen molar-refractivity contribution in [2.75, 3.05) is 5.73 Å². The first kappa shape index (κ1) is 13.9. The Kier molecular flexibility index (Phi) is 3.84. The summed E-state index contributed by atoms with van der Waals surface area (Å²) >= 11 is 0. The lowest BCUT2D eigenvalue weighted by Crippen LogP contribution is -2.31. The van der Waals surface area contributed by atoms with Crippen molar-refractivity contribution in [2.45, 2.75) is 44.2 Å². The van der Waals surface area contributed by atoms with Crippen molar-refractivity contribution < 1.29 is 5.11 Å². The number of hydrogen-bond donors (Lipinski definition) is 3. The van der Waals surface area contributed by atoms with Gasteiger partial charge < -0.3 is 10.8 Å². The number of aliphatic hydroxyl groups is 1. The second-order valence-corrected chi connectivity index (χ2v) is 5.71. The van der Waals surface area contributed by atoms with Gasteiger partial charge in [0.2, 0.25) is 0 Å². The molecule has 5 nitrogen and oxygen atoms in total. The molecule has 1 aliphatic carbocycles. The average Bonchev–Trinajstić information content (AvgIpc) is 2.67. The molecule has 21 heavy (non-hydrogen) atoms. The minimum Gasteiger partial charge on any atom is -0.392 e. The van der Waals surface area contributed by atoms with Crippen LogP contribution in [0.1, 0.15) is 38.1 Å². The molecule has 1 aromatic heterocycles. The fourth-order valence-corrected chi connectivity index (χ4v) is 3.10. The molecule has 1 heterocycles. The van der Waals surface area contributed by atoms with E-state index in [0.717, 1.165) is 37.7 Å². The third kappa shape index (κ3) is 2.61. The first-order valence-corrected chi connectivity index (χ1v) is 7.52. The first-order chi connectivity index (χ1) is 10.2. The van der Waals surface area contributed by atoms with Crippen LogP contribution in [0.4, 0.5) is 5.69 Å². The molecule has 2 unspecified atom stereocenters. The molecule has 0 bridgehead atoms. The minimum absolute atomic E-state index is 0.209. The molecule has 1 aromatic carbocycles. The summed E-state index contributed by atoms with van der Waals surface area (Å²) in [5.41, 5.74) is 7.48. The zero-order valence-corrected chi connectivity index (χ0v) is 12.0. The number of rotatable bonds is 2. The van der Waals surface area contributed by atoms with Crippen LogP contribution in [0.2, 0.25) is 0 Å². The van der Waals surface area contributed by atoms with Gasteiger partial charge in [0.1, 0.15) is 5.69 Å². The van der Waals surface area contributed by atoms with Crippen molar-refractivity contribution in [3.05, 3.63) is 40.7 Å². The molecule has 0 radical (unpaired) electrons. The van der Waals surface area contributed by atoms with Gasteiger partial charge in [0.15, 0.2) is 0 Å². The highest BCUT2D eigenvalue weighted by Gasteiger charge is 2.27. The summed E-state index contributed by atoms with van der Waals surface area (Å²) in [6.07, 6.45) is 4.17. The Morgan fingerprint density at radius 2 is 1.86 bits per heavy atom. The zero-order chi connectivity index (χ0) is 14.8. The molecular formula is C16H21N3O2. The van der Waals surface area contributed by atoms with Crippen LogP contribution in [0.3, 0.4) is 0 Å². The van der Waals surface area contributed by atoms with Crippen LogP contribution in [-0.4, -0.2) is 21.0 Å². The molecule has 1 fully saturated rings. The molecule has 5 heteroatoms. The zero-order valence-electron chi connectivity index (χ0n) is 12.0. The van der Waals surface area contributed by atoms with E-state index in [1.165, 1.54) is 4.68 Å². The number of nitrogens with two attached hydrogens (primary N) is 1. The van der Waals surface area contributed by atoms with E-state index in [2.05, 4.69) is 5.10 Å². The van der Waals surface area contributed by atoms with Crippen LogP contribution in [-0.2, 0) is 0 Å². The van der Waals surface area contributed by atoms with Gasteiger partial charge in [-0.25, -0.2) is 4.68 Å². The molecule has 0 aliphatic heterocycles. The van der Waals surface area contributed by atoms with E-state index < -0.39 is 6.10 Å². The van der Waals surface area contributed by atoms with Crippen LogP contribution in [0.5, 0.6) is 0 Å². The summed E-state index contributed by atoms with van der Waals surface area (Å²) < 4.78 is 1.52. The molecule has 2 atom stereocenters. The van der Waals surface area contributed by atoms with Gasteiger partial charge in [-0.3, -0.25) is 9.89 Å². The number of hydrogen-bond acceptors (Lipinski definition) is 3. The summed E-state index contributed by atoms with van der Waals surface area (Å²) in [6.45, 7) is 0. The largest absolute Gasteiger partial charge is 0.392 e. The van der Waals surface area contributed by atoms with Crippen molar-refractivity contribution in [2.24, 2.45) is 0 Å². The molecule has 112 valence electrons. The van der Waals surface area contributed by atoms with Crippen LogP contribution < -0.4 is 11.3 Å². The number of aliphatic hydroxyl groups excluding tert-OH is 1. The average molecular weight is 287 g/mol. The van der Waals surface area contributed by atoms with Crippen LogP contribution >= 0.6 is 0 Å². The van der Waals surface area contributed by atoms with Gasteiger partial charge in [-0.2, -0.15) is 0 Å². The highest BCUT2D eigenvalue weighted by atomic mass is 16.3. The highest BCUT2D eigenvalue weighted by molar-refractivity contribution is 5.71. The number of anilines is 1. The number of benzene rings is 1. The van der Waals surface area contributed by atoms with Crippen molar-refractivity contribution in [3.8, 4) is 11.3 Å². The van der Waals surface area contributed by atoms with Gasteiger partial charge in [0.05, 0.1) is 17.8 Å². The topological polar surface area (TPSA) is 84.0 Å². The van der Waals surface area contributed by atoms with E-state index in [4.69, 9.17) is 5.73 Å². The summed E-state index contributed by atoms with van der Waals surface area (Å²) in [4.78, 5) is 12.4. The predicted molar refractivity (Wildman–Crippen MR) is 83.0 cm³/mol. The maximum absolute atomic E-state index is 12.4.